The van der Waals surface area contributed by atoms with Crippen molar-refractivity contribution in [3.63, 3.8) is 0 Å². The van der Waals surface area contributed by atoms with E-state index in [1.165, 1.54) is 38.2 Å². The third kappa shape index (κ3) is 1.88. The van der Waals surface area contributed by atoms with Crippen molar-refractivity contribution in [2.24, 2.45) is 23.7 Å². The first-order valence-electron chi connectivity index (χ1n) is 8.84. The van der Waals surface area contributed by atoms with Gasteiger partial charge in [-0.15, -0.1) is 0 Å². The lowest BCUT2D eigenvalue weighted by Gasteiger charge is -2.55. The Hall–Kier alpha value is -2.24. The molecular formula is C18H21N3O3. The van der Waals surface area contributed by atoms with Crippen molar-refractivity contribution in [2.75, 3.05) is 0 Å². The molecule has 0 radical (unpaired) electrons. The Morgan fingerprint density at radius 3 is 2.25 bits per heavy atom. The molecule has 0 aliphatic heterocycles. The van der Waals surface area contributed by atoms with Gasteiger partial charge in [0.25, 0.3) is 5.69 Å². The lowest BCUT2D eigenvalue weighted by atomic mass is 9.54. The van der Waals surface area contributed by atoms with Gasteiger partial charge in [0.2, 0.25) is 5.88 Å². The van der Waals surface area contributed by atoms with Gasteiger partial charge in [-0.2, -0.15) is 0 Å². The highest BCUT2D eigenvalue weighted by Gasteiger charge is 2.50. The van der Waals surface area contributed by atoms with Crippen LogP contribution in [-0.4, -0.2) is 19.4 Å². The highest BCUT2D eigenvalue weighted by molar-refractivity contribution is 5.52. The molecular weight excluding hydrogens is 306 g/mol. The van der Waals surface area contributed by atoms with Crippen LogP contribution in [0, 0.1) is 33.8 Å². The van der Waals surface area contributed by atoms with Crippen LogP contribution >= 0.6 is 0 Å². The Morgan fingerprint density at radius 1 is 1.04 bits per heavy atom. The van der Waals surface area contributed by atoms with E-state index in [4.69, 9.17) is 0 Å². The zero-order chi connectivity index (χ0) is 16.4. The van der Waals surface area contributed by atoms with Crippen LogP contribution in [0.4, 0.5) is 5.69 Å². The summed E-state index contributed by atoms with van der Waals surface area (Å²) >= 11 is 0. The first-order chi connectivity index (χ1) is 11.6. The summed E-state index contributed by atoms with van der Waals surface area (Å²) in [6.07, 6.45) is 7.96. The highest BCUT2D eigenvalue weighted by Crippen LogP contribution is 2.59. The molecule has 1 N–H and O–H groups in total. The van der Waals surface area contributed by atoms with Crippen LogP contribution in [0.15, 0.2) is 30.5 Å². The quantitative estimate of drug-likeness (QED) is 0.686. The number of aromatic nitrogens is 2. The van der Waals surface area contributed by atoms with Gasteiger partial charge in [-0.05, 0) is 61.8 Å². The second-order valence-electron chi connectivity index (χ2n) is 7.84. The van der Waals surface area contributed by atoms with Crippen molar-refractivity contribution in [2.45, 2.75) is 38.1 Å². The number of aromatic hydroxyl groups is 1. The van der Waals surface area contributed by atoms with E-state index in [0.717, 1.165) is 11.8 Å². The molecule has 0 spiro atoms. The molecule has 0 saturated heterocycles. The van der Waals surface area contributed by atoms with E-state index in [1.807, 2.05) is 4.68 Å². The summed E-state index contributed by atoms with van der Waals surface area (Å²) in [7, 11) is 0. The third-order valence-corrected chi connectivity index (χ3v) is 6.49. The van der Waals surface area contributed by atoms with E-state index in [1.54, 1.807) is 29.1 Å². The van der Waals surface area contributed by atoms with Gasteiger partial charge in [0.1, 0.15) is 5.69 Å². The summed E-state index contributed by atoms with van der Waals surface area (Å²) in [5.41, 5.74) is 0.615. The number of nitro groups is 1. The summed E-state index contributed by atoms with van der Waals surface area (Å²) in [6, 6.07) is 7.04. The molecule has 6 nitrogen and oxygen atoms in total. The number of nitrogens with zero attached hydrogens (tertiary/aromatic N) is 3. The second-order valence-corrected chi connectivity index (χ2v) is 7.84. The smallest absolute Gasteiger partial charge is 0.294 e. The molecule has 24 heavy (non-hydrogen) atoms. The molecule has 4 aliphatic rings. The third-order valence-electron chi connectivity index (χ3n) is 6.49. The molecule has 6 heteroatoms. The fraction of sp³-hybridized carbons (Fsp3) is 0.556. The fourth-order valence-electron chi connectivity index (χ4n) is 5.88. The molecule has 4 fully saturated rings. The zero-order valence-corrected chi connectivity index (χ0v) is 13.4. The average Bonchev–Trinajstić information content (AvgIpc) is 2.55. The molecule has 1 heterocycles. The average molecular weight is 327 g/mol. The van der Waals surface area contributed by atoms with Gasteiger partial charge < -0.3 is 5.11 Å². The maximum atomic E-state index is 11.4. The van der Waals surface area contributed by atoms with Crippen molar-refractivity contribution < 1.29 is 10.0 Å². The monoisotopic (exact) mass is 327 g/mol. The summed E-state index contributed by atoms with van der Waals surface area (Å²) < 4.78 is 3.72. The summed E-state index contributed by atoms with van der Waals surface area (Å²) in [6.45, 7) is 0. The molecule has 4 aliphatic carbocycles. The van der Waals surface area contributed by atoms with Crippen LogP contribution in [-0.2, 0) is 0 Å². The number of hydrogen-bond acceptors (Lipinski definition) is 3. The van der Waals surface area contributed by atoms with Gasteiger partial charge in [-0.1, -0.05) is 12.1 Å². The van der Waals surface area contributed by atoms with Crippen LogP contribution in [0.5, 0.6) is 5.88 Å². The normalized spacial score (nSPS) is 33.9. The van der Waals surface area contributed by atoms with Gasteiger partial charge in [-0.25, -0.2) is 9.36 Å². The van der Waals surface area contributed by atoms with Crippen molar-refractivity contribution >= 4 is 5.69 Å². The molecule has 0 unspecified atom stereocenters. The SMILES string of the molecule is O=[N+]([O-])c1ccccc1-n1cc(O)n1C1C2CC3CC(C2)CC1C3. The molecule has 2 aromatic rings. The van der Waals surface area contributed by atoms with Gasteiger partial charge in [0, 0.05) is 6.07 Å². The van der Waals surface area contributed by atoms with Crippen LogP contribution in [0.3, 0.4) is 0 Å². The van der Waals surface area contributed by atoms with E-state index < -0.39 is 0 Å². The predicted octanol–water partition coefficient (Wildman–Crippen LogP) is 3.89. The molecule has 1 aromatic carbocycles. The Kier molecular flexibility index (Phi) is 2.87. The molecule has 4 bridgehead atoms. The van der Waals surface area contributed by atoms with Gasteiger partial charge in [-0.3, -0.25) is 10.1 Å². The van der Waals surface area contributed by atoms with Gasteiger partial charge in [0.15, 0.2) is 0 Å². The van der Waals surface area contributed by atoms with E-state index in [2.05, 4.69) is 0 Å². The molecule has 0 atom stereocenters. The molecule has 0 amide bonds. The van der Waals surface area contributed by atoms with Crippen molar-refractivity contribution in [3.8, 4) is 11.6 Å². The van der Waals surface area contributed by atoms with E-state index in [9.17, 15) is 15.2 Å². The lowest BCUT2D eigenvalue weighted by Crippen LogP contribution is -2.48. The first kappa shape index (κ1) is 14.1. The van der Waals surface area contributed by atoms with Crippen molar-refractivity contribution in [1.29, 1.82) is 0 Å². The standard InChI is InChI=1S/C18H21N3O3/c22-17-10-19(15-3-1-2-4-16(15)21(23)24)20(17)18-13-6-11-5-12(8-13)9-14(18)7-11/h1-4,10-14,18,22H,5-9H2. The minimum Gasteiger partial charge on any atom is -0.492 e. The number of benzene rings is 1. The number of hydrogen-bond donors (Lipinski definition) is 1. The summed E-state index contributed by atoms with van der Waals surface area (Å²) in [5.74, 6) is 3.15. The summed E-state index contributed by atoms with van der Waals surface area (Å²) in [5, 5.41) is 21.7. The maximum absolute atomic E-state index is 11.4. The highest BCUT2D eigenvalue weighted by atomic mass is 16.6. The van der Waals surface area contributed by atoms with Gasteiger partial charge >= 0.3 is 0 Å². The maximum Gasteiger partial charge on any atom is 0.294 e. The Labute approximate surface area is 139 Å². The summed E-state index contributed by atoms with van der Waals surface area (Å²) in [4.78, 5) is 11.0. The largest absolute Gasteiger partial charge is 0.492 e. The zero-order valence-electron chi connectivity index (χ0n) is 13.4. The Morgan fingerprint density at radius 2 is 1.67 bits per heavy atom. The van der Waals surface area contributed by atoms with Gasteiger partial charge in [0.05, 0.1) is 17.2 Å². The topological polar surface area (TPSA) is 73.2 Å². The van der Waals surface area contributed by atoms with E-state index >= 15 is 0 Å². The molecule has 126 valence electrons. The first-order valence-corrected chi connectivity index (χ1v) is 8.84. The minimum absolute atomic E-state index is 0.0788. The van der Waals surface area contributed by atoms with E-state index in [0.29, 0.717) is 17.5 Å². The second kappa shape index (κ2) is 4.88. The minimum atomic E-state index is -0.354. The van der Waals surface area contributed by atoms with Crippen LogP contribution in [0.25, 0.3) is 5.69 Å². The molecule has 6 rings (SSSR count). The predicted molar refractivity (Wildman–Crippen MR) is 88.2 cm³/mol. The lowest BCUT2D eigenvalue weighted by molar-refractivity contribution is -0.384. The van der Waals surface area contributed by atoms with Crippen molar-refractivity contribution in [1.82, 2.24) is 9.36 Å². The number of rotatable bonds is 3. The molecule has 1 aromatic heterocycles. The number of para-hydroxylation sites is 2. The van der Waals surface area contributed by atoms with Crippen LogP contribution < -0.4 is 0 Å². The Bertz CT molecular complexity index is 778. The fourth-order valence-corrected chi connectivity index (χ4v) is 5.88. The van der Waals surface area contributed by atoms with Crippen LogP contribution in [0.1, 0.15) is 38.1 Å². The van der Waals surface area contributed by atoms with E-state index in [-0.39, 0.29) is 22.5 Å². The Balaban J connectivity index is 1.57. The molecule has 4 saturated carbocycles. The van der Waals surface area contributed by atoms with Crippen LogP contribution in [0.2, 0.25) is 0 Å². The number of nitro benzene ring substituents is 1. The van der Waals surface area contributed by atoms with Crippen molar-refractivity contribution in [3.05, 3.63) is 40.6 Å².